The molecule has 3 aliphatic heterocycles. The quantitative estimate of drug-likeness (QED) is 0.726. The first kappa shape index (κ1) is 11.4. The van der Waals surface area contributed by atoms with Crippen LogP contribution in [0.2, 0.25) is 0 Å². The molecule has 0 amide bonds. The van der Waals surface area contributed by atoms with Crippen molar-refractivity contribution in [1.29, 1.82) is 0 Å². The number of rotatable bonds is 1. The maximum atomic E-state index is 11.3. The summed E-state index contributed by atoms with van der Waals surface area (Å²) in [6, 6.07) is 9.46. The Hall–Kier alpha value is -1.47. The van der Waals surface area contributed by atoms with Crippen molar-refractivity contribution in [2.75, 3.05) is 0 Å². The van der Waals surface area contributed by atoms with Crippen molar-refractivity contribution in [3.8, 4) is 0 Å². The van der Waals surface area contributed by atoms with Crippen LogP contribution in [0.4, 0.5) is 0 Å². The normalized spacial score (nSPS) is 43.9. The standard InChI is InChI=1S/C13H12O6/c14-7-8-9(16-11(7)15)10-13(17-8)19-12(18-10)6-4-2-1-3-5-6/h1-5,7-10,12-14H. The third-order valence-corrected chi connectivity index (χ3v) is 3.62. The van der Waals surface area contributed by atoms with Gasteiger partial charge in [0.15, 0.2) is 30.9 Å². The molecule has 3 fully saturated rings. The average Bonchev–Trinajstić information content (AvgIpc) is 3.05. The number of ether oxygens (including phenoxy) is 4. The molecule has 6 unspecified atom stereocenters. The van der Waals surface area contributed by atoms with Crippen molar-refractivity contribution in [2.45, 2.75) is 37.0 Å². The molecule has 1 aromatic carbocycles. The number of aliphatic hydroxyl groups excluding tert-OH is 1. The third kappa shape index (κ3) is 1.61. The van der Waals surface area contributed by atoms with Crippen molar-refractivity contribution in [2.24, 2.45) is 0 Å². The van der Waals surface area contributed by atoms with Gasteiger partial charge in [0.2, 0.25) is 0 Å². The fraction of sp³-hybridized carbons (Fsp3) is 0.462. The molecule has 3 aliphatic rings. The monoisotopic (exact) mass is 264 g/mol. The summed E-state index contributed by atoms with van der Waals surface area (Å²) >= 11 is 0. The van der Waals surface area contributed by atoms with E-state index in [4.69, 9.17) is 18.9 Å². The van der Waals surface area contributed by atoms with E-state index in [9.17, 15) is 9.90 Å². The molecule has 0 radical (unpaired) electrons. The molecule has 6 atom stereocenters. The molecule has 0 bridgehead atoms. The molecule has 6 heteroatoms. The second-order valence-corrected chi connectivity index (χ2v) is 4.79. The fourth-order valence-electron chi connectivity index (χ4n) is 2.69. The SMILES string of the molecule is O=C1OC2C3OC(c4ccccc4)OC3OC2C1O. The molecule has 0 spiro atoms. The van der Waals surface area contributed by atoms with E-state index in [0.29, 0.717) is 0 Å². The molecule has 0 aliphatic carbocycles. The van der Waals surface area contributed by atoms with Gasteiger partial charge in [-0.2, -0.15) is 0 Å². The third-order valence-electron chi connectivity index (χ3n) is 3.62. The summed E-state index contributed by atoms with van der Waals surface area (Å²) in [7, 11) is 0. The average molecular weight is 264 g/mol. The number of aliphatic hydroxyl groups is 1. The van der Waals surface area contributed by atoms with Gasteiger partial charge in [-0.3, -0.25) is 0 Å². The Morgan fingerprint density at radius 1 is 0.947 bits per heavy atom. The Kier molecular flexibility index (Phi) is 2.40. The van der Waals surface area contributed by atoms with E-state index in [2.05, 4.69) is 0 Å². The molecule has 1 aromatic rings. The summed E-state index contributed by atoms with van der Waals surface area (Å²) in [6.45, 7) is 0. The largest absolute Gasteiger partial charge is 0.454 e. The predicted octanol–water partition coefficient (Wildman–Crippen LogP) is 0.112. The highest BCUT2D eigenvalue weighted by atomic mass is 16.8. The summed E-state index contributed by atoms with van der Waals surface area (Å²) in [5.41, 5.74) is 0.877. The van der Waals surface area contributed by atoms with Crippen LogP contribution < -0.4 is 0 Å². The Morgan fingerprint density at radius 2 is 1.74 bits per heavy atom. The summed E-state index contributed by atoms with van der Waals surface area (Å²) < 4.78 is 22.0. The highest BCUT2D eigenvalue weighted by Gasteiger charge is 2.61. The smallest absolute Gasteiger partial charge is 0.338 e. The van der Waals surface area contributed by atoms with Crippen molar-refractivity contribution in [3.05, 3.63) is 35.9 Å². The molecule has 6 nitrogen and oxygen atoms in total. The lowest BCUT2D eigenvalue weighted by Crippen LogP contribution is -2.32. The summed E-state index contributed by atoms with van der Waals surface area (Å²) in [5.74, 6) is -0.666. The van der Waals surface area contributed by atoms with Crippen LogP contribution in [0.3, 0.4) is 0 Å². The molecule has 0 aromatic heterocycles. The van der Waals surface area contributed by atoms with E-state index in [0.717, 1.165) is 5.56 Å². The topological polar surface area (TPSA) is 74.2 Å². The van der Waals surface area contributed by atoms with Gasteiger partial charge in [0.1, 0.15) is 6.10 Å². The van der Waals surface area contributed by atoms with Crippen LogP contribution in [0.25, 0.3) is 0 Å². The predicted molar refractivity (Wildman–Crippen MR) is 59.7 cm³/mol. The van der Waals surface area contributed by atoms with Crippen LogP contribution in [-0.2, 0) is 23.7 Å². The number of carbonyl (C=O) groups excluding carboxylic acids is 1. The number of benzene rings is 1. The Labute approximate surface area is 108 Å². The highest BCUT2D eigenvalue weighted by molar-refractivity contribution is 5.78. The van der Waals surface area contributed by atoms with Gasteiger partial charge in [0.25, 0.3) is 0 Å². The summed E-state index contributed by atoms with van der Waals surface area (Å²) in [4.78, 5) is 11.3. The van der Waals surface area contributed by atoms with Gasteiger partial charge in [-0.1, -0.05) is 30.3 Å². The lowest BCUT2D eigenvalue weighted by Gasteiger charge is -2.16. The Bertz CT molecular complexity index is 503. The Balaban J connectivity index is 1.54. The minimum Gasteiger partial charge on any atom is -0.454 e. The van der Waals surface area contributed by atoms with Gasteiger partial charge in [-0.15, -0.1) is 0 Å². The number of carbonyl (C=O) groups is 1. The van der Waals surface area contributed by atoms with Crippen molar-refractivity contribution in [1.82, 2.24) is 0 Å². The van der Waals surface area contributed by atoms with Crippen LogP contribution >= 0.6 is 0 Å². The van der Waals surface area contributed by atoms with E-state index < -0.39 is 43.0 Å². The first-order chi connectivity index (χ1) is 9.24. The van der Waals surface area contributed by atoms with Crippen LogP contribution in [0.1, 0.15) is 11.9 Å². The van der Waals surface area contributed by atoms with Crippen LogP contribution in [0, 0.1) is 0 Å². The molecule has 1 N–H and O–H groups in total. The lowest BCUT2D eigenvalue weighted by molar-refractivity contribution is -0.173. The molecule has 19 heavy (non-hydrogen) atoms. The van der Waals surface area contributed by atoms with E-state index in [-0.39, 0.29) is 0 Å². The zero-order valence-electron chi connectivity index (χ0n) is 9.84. The lowest BCUT2D eigenvalue weighted by atomic mass is 10.1. The van der Waals surface area contributed by atoms with Crippen molar-refractivity contribution in [3.63, 3.8) is 0 Å². The molecule has 3 saturated heterocycles. The maximum absolute atomic E-state index is 11.3. The number of hydrogen-bond acceptors (Lipinski definition) is 6. The van der Waals surface area contributed by atoms with Crippen LogP contribution in [0.5, 0.6) is 0 Å². The molecule has 100 valence electrons. The summed E-state index contributed by atoms with van der Waals surface area (Å²) in [6.07, 6.45) is -4.17. The van der Waals surface area contributed by atoms with Crippen LogP contribution in [-0.4, -0.2) is 41.8 Å². The number of esters is 1. The van der Waals surface area contributed by atoms with Gasteiger partial charge in [-0.25, -0.2) is 4.79 Å². The molecular weight excluding hydrogens is 252 g/mol. The van der Waals surface area contributed by atoms with E-state index in [1.54, 1.807) is 0 Å². The second-order valence-electron chi connectivity index (χ2n) is 4.79. The van der Waals surface area contributed by atoms with Crippen LogP contribution in [0.15, 0.2) is 30.3 Å². The Morgan fingerprint density at radius 3 is 2.53 bits per heavy atom. The molecule has 4 rings (SSSR count). The van der Waals surface area contributed by atoms with E-state index >= 15 is 0 Å². The van der Waals surface area contributed by atoms with Crippen molar-refractivity contribution >= 4 is 5.97 Å². The van der Waals surface area contributed by atoms with Gasteiger partial charge in [0, 0.05) is 5.56 Å². The second kappa shape index (κ2) is 4.01. The number of fused-ring (bicyclic) bond motifs is 3. The summed E-state index contributed by atoms with van der Waals surface area (Å²) in [5, 5.41) is 9.60. The van der Waals surface area contributed by atoms with E-state index in [1.165, 1.54) is 0 Å². The first-order valence-corrected chi connectivity index (χ1v) is 6.14. The molecule has 0 saturated carbocycles. The molecule has 3 heterocycles. The minimum absolute atomic E-state index is 0.490. The number of hydrogen-bond donors (Lipinski definition) is 1. The fourth-order valence-corrected chi connectivity index (χ4v) is 2.69. The highest BCUT2D eigenvalue weighted by Crippen LogP contribution is 2.43. The van der Waals surface area contributed by atoms with Gasteiger partial charge in [-0.05, 0) is 0 Å². The van der Waals surface area contributed by atoms with Crippen molar-refractivity contribution < 1.29 is 28.8 Å². The van der Waals surface area contributed by atoms with E-state index in [1.807, 2.05) is 30.3 Å². The van der Waals surface area contributed by atoms with Gasteiger partial charge >= 0.3 is 5.97 Å². The van der Waals surface area contributed by atoms with Gasteiger partial charge < -0.3 is 24.1 Å². The minimum atomic E-state index is -1.25. The maximum Gasteiger partial charge on any atom is 0.338 e. The first-order valence-electron chi connectivity index (χ1n) is 6.14. The molecular formula is C13H12O6. The zero-order chi connectivity index (χ0) is 13.0. The van der Waals surface area contributed by atoms with Gasteiger partial charge in [0.05, 0.1) is 0 Å². The zero-order valence-corrected chi connectivity index (χ0v) is 9.84.